The third-order valence-corrected chi connectivity index (χ3v) is 13.3. The first-order valence-electron chi connectivity index (χ1n) is 21.5. The molecule has 2 saturated carbocycles. The highest BCUT2D eigenvalue weighted by Crippen LogP contribution is 2.35. The molecule has 3 aliphatic heterocycles. The maximum atomic E-state index is 13.5. The number of fused-ring (bicyclic) bond motifs is 2. The van der Waals surface area contributed by atoms with Crippen molar-refractivity contribution in [2.45, 2.75) is 108 Å². The Kier molecular flexibility index (Phi) is 10.1. The zero-order valence-corrected chi connectivity index (χ0v) is 33.8. The van der Waals surface area contributed by atoms with Gasteiger partial charge >= 0.3 is 0 Å². The van der Waals surface area contributed by atoms with Crippen LogP contribution in [0.4, 0.5) is 11.4 Å². The topological polar surface area (TPSA) is 209 Å². The van der Waals surface area contributed by atoms with E-state index in [4.69, 9.17) is 4.98 Å². The van der Waals surface area contributed by atoms with Crippen LogP contribution in [0.2, 0.25) is 0 Å². The zero-order valence-electron chi connectivity index (χ0n) is 33.8. The quantitative estimate of drug-likeness (QED) is 0.175. The fourth-order valence-corrected chi connectivity index (χ4v) is 9.85. The summed E-state index contributed by atoms with van der Waals surface area (Å²) in [5.74, 6) is -0.233. The fraction of sp³-hybridized carbons (Fsp3) is 0.455. The molecule has 2 aliphatic carbocycles. The van der Waals surface area contributed by atoms with Gasteiger partial charge in [-0.05, 0) is 81.5 Å². The van der Waals surface area contributed by atoms with Gasteiger partial charge in [0.1, 0.15) is 17.8 Å². The van der Waals surface area contributed by atoms with Crippen molar-refractivity contribution >= 4 is 46.0 Å². The van der Waals surface area contributed by atoms with Gasteiger partial charge in [0, 0.05) is 90.4 Å². The van der Waals surface area contributed by atoms with Crippen molar-refractivity contribution in [2.24, 2.45) is 5.92 Å². The predicted octanol–water partition coefficient (Wildman–Crippen LogP) is 4.58. The highest BCUT2D eigenvalue weighted by molar-refractivity contribution is 6.05. The molecule has 1 atom stereocenters. The summed E-state index contributed by atoms with van der Waals surface area (Å²) in [5, 5.41) is 33.3. The van der Waals surface area contributed by atoms with Gasteiger partial charge in [0.2, 0.25) is 17.7 Å². The summed E-state index contributed by atoms with van der Waals surface area (Å²) in [6, 6.07) is 11.8. The number of aromatic nitrogens is 7. The van der Waals surface area contributed by atoms with E-state index in [0.717, 1.165) is 84.9 Å². The molecule has 17 nitrogen and oxygen atoms in total. The second-order valence-electron chi connectivity index (χ2n) is 17.1. The van der Waals surface area contributed by atoms with Crippen molar-refractivity contribution in [3.63, 3.8) is 0 Å². The summed E-state index contributed by atoms with van der Waals surface area (Å²) in [5.41, 5.74) is 6.05. The number of imide groups is 1. The molecule has 1 unspecified atom stereocenters. The Balaban J connectivity index is 0.738. The number of hydrogen-bond donors (Lipinski definition) is 3. The van der Waals surface area contributed by atoms with Crippen molar-refractivity contribution in [1.82, 2.24) is 50.3 Å². The first-order chi connectivity index (χ1) is 29.8. The first kappa shape index (κ1) is 38.5. The number of rotatable bonds is 9. The van der Waals surface area contributed by atoms with E-state index in [1.54, 1.807) is 28.0 Å². The molecule has 5 aromatic rings. The number of pyridine rings is 2. The third-order valence-electron chi connectivity index (χ3n) is 13.3. The number of nitrogens with one attached hydrogen (secondary N) is 3. The Bertz CT molecular complexity index is 2570. The first-order valence-corrected chi connectivity index (χ1v) is 21.5. The molecular weight excluding hydrogens is 775 g/mol. The standard InChI is InChI=1S/C44H47N13O4/c45-20-26-17-29-22-48-57(41(29)47-21-26)39-19-36(49-30-3-1-2-4-30)35(23-46-39)37-25-56(53-52-37)32-9-6-31(7-10-32)50-42(59)27-13-15-54(16-14-27)33-8-5-28-24-55(44(61)34(28)18-33)38-11-12-40(58)51-43(38)60/h5,8,17-19,21-23,25,27,30-32,38H,1-4,6-7,9-16,24H2,(H,46,49)(H,50,59)(H,51,58,60)/t31-,32-,38?. The lowest BCUT2D eigenvalue weighted by Crippen LogP contribution is -2.52. The van der Waals surface area contributed by atoms with Crippen LogP contribution in [0.3, 0.4) is 0 Å². The van der Waals surface area contributed by atoms with E-state index in [1.807, 2.05) is 41.3 Å². The van der Waals surface area contributed by atoms with Gasteiger partial charge in [-0.1, -0.05) is 24.1 Å². The minimum absolute atomic E-state index is 0.0716. The highest BCUT2D eigenvalue weighted by atomic mass is 16.2. The molecule has 7 heterocycles. The molecule has 0 bridgehead atoms. The largest absolute Gasteiger partial charge is 0.382 e. The summed E-state index contributed by atoms with van der Waals surface area (Å²) in [4.78, 5) is 64.1. The maximum absolute atomic E-state index is 13.5. The summed E-state index contributed by atoms with van der Waals surface area (Å²) in [7, 11) is 0. The molecule has 17 heteroatoms. The van der Waals surface area contributed by atoms with E-state index in [-0.39, 0.29) is 42.1 Å². The van der Waals surface area contributed by atoms with Crippen LogP contribution in [-0.2, 0) is 20.9 Å². The zero-order chi connectivity index (χ0) is 41.6. The summed E-state index contributed by atoms with van der Waals surface area (Å²) < 4.78 is 3.66. The normalized spacial score (nSPS) is 22.3. The van der Waals surface area contributed by atoms with Gasteiger partial charge in [0.05, 0.1) is 24.0 Å². The van der Waals surface area contributed by atoms with Crippen LogP contribution in [0, 0.1) is 17.2 Å². The predicted molar refractivity (Wildman–Crippen MR) is 223 cm³/mol. The minimum atomic E-state index is -0.637. The lowest BCUT2D eigenvalue weighted by molar-refractivity contribution is -0.137. The van der Waals surface area contributed by atoms with Gasteiger partial charge in [-0.2, -0.15) is 15.0 Å². The van der Waals surface area contributed by atoms with Crippen LogP contribution in [0.15, 0.2) is 55.1 Å². The second-order valence-corrected chi connectivity index (χ2v) is 17.1. The molecule has 312 valence electrons. The van der Waals surface area contributed by atoms with Gasteiger partial charge in [0.15, 0.2) is 11.5 Å². The highest BCUT2D eigenvalue weighted by Gasteiger charge is 2.39. The number of benzene rings is 1. The number of carbonyl (C=O) groups excluding carboxylic acids is 4. The fourth-order valence-electron chi connectivity index (χ4n) is 9.85. The van der Waals surface area contributed by atoms with Crippen LogP contribution >= 0.6 is 0 Å². The van der Waals surface area contributed by atoms with Gasteiger partial charge < -0.3 is 20.4 Å². The number of carbonyl (C=O) groups is 4. The Morgan fingerprint density at radius 1 is 0.869 bits per heavy atom. The van der Waals surface area contributed by atoms with Crippen molar-refractivity contribution in [3.8, 4) is 23.1 Å². The van der Waals surface area contributed by atoms with Gasteiger partial charge in [-0.15, -0.1) is 5.10 Å². The van der Waals surface area contributed by atoms with E-state index in [2.05, 4.69) is 47.3 Å². The van der Waals surface area contributed by atoms with Gasteiger partial charge in [0.25, 0.3) is 5.91 Å². The molecule has 4 aromatic heterocycles. The Morgan fingerprint density at radius 3 is 2.48 bits per heavy atom. The van der Waals surface area contributed by atoms with Crippen LogP contribution in [0.5, 0.6) is 0 Å². The van der Waals surface area contributed by atoms with Crippen LogP contribution < -0.4 is 20.9 Å². The van der Waals surface area contributed by atoms with E-state index >= 15 is 0 Å². The number of piperidine rings is 2. The molecule has 1 aromatic carbocycles. The second kappa shape index (κ2) is 16.1. The van der Waals surface area contributed by atoms with Gasteiger partial charge in [-0.3, -0.25) is 24.5 Å². The van der Waals surface area contributed by atoms with Crippen molar-refractivity contribution in [2.75, 3.05) is 23.3 Å². The Morgan fingerprint density at radius 2 is 1.69 bits per heavy atom. The number of nitrogens with zero attached hydrogens (tertiary/aromatic N) is 10. The lowest BCUT2D eigenvalue weighted by atomic mass is 9.89. The average Bonchev–Trinajstić information content (AvgIpc) is 4.12. The summed E-state index contributed by atoms with van der Waals surface area (Å²) in [6.45, 7) is 1.77. The molecule has 10 rings (SSSR count). The van der Waals surface area contributed by atoms with Crippen molar-refractivity contribution in [1.29, 1.82) is 5.26 Å². The van der Waals surface area contributed by atoms with Crippen molar-refractivity contribution < 1.29 is 19.2 Å². The minimum Gasteiger partial charge on any atom is -0.382 e. The smallest absolute Gasteiger partial charge is 0.255 e. The third kappa shape index (κ3) is 7.55. The molecule has 4 amide bonds. The van der Waals surface area contributed by atoms with Gasteiger partial charge in [-0.25, -0.2) is 14.6 Å². The van der Waals surface area contributed by atoms with Crippen LogP contribution in [0.1, 0.15) is 105 Å². The molecule has 0 spiro atoms. The maximum Gasteiger partial charge on any atom is 0.255 e. The molecule has 61 heavy (non-hydrogen) atoms. The molecule has 5 aliphatic rings. The summed E-state index contributed by atoms with van der Waals surface area (Å²) in [6.07, 6.45) is 17.1. The molecule has 4 fully saturated rings. The molecule has 3 N–H and O–H groups in total. The molecule has 0 radical (unpaired) electrons. The van der Waals surface area contributed by atoms with E-state index in [1.165, 1.54) is 12.8 Å². The summed E-state index contributed by atoms with van der Waals surface area (Å²) >= 11 is 0. The van der Waals surface area contributed by atoms with Crippen molar-refractivity contribution in [3.05, 3.63) is 71.8 Å². The Hall–Kier alpha value is -6.70. The molecule has 2 saturated heterocycles. The van der Waals surface area contributed by atoms with E-state index in [9.17, 15) is 24.4 Å². The average molecular weight is 822 g/mol. The van der Waals surface area contributed by atoms with Crippen LogP contribution in [-0.4, -0.2) is 94.5 Å². The number of hydrogen-bond acceptors (Lipinski definition) is 12. The van der Waals surface area contributed by atoms with E-state index in [0.29, 0.717) is 54.7 Å². The number of nitriles is 1. The van der Waals surface area contributed by atoms with Crippen LogP contribution in [0.25, 0.3) is 28.1 Å². The monoisotopic (exact) mass is 821 g/mol. The SMILES string of the molecule is N#Cc1cnc2c(cnn2-c2cc(NC3CCCC3)c(-c3cn([C@H]4CC[C@H](NC(=O)C5CCN(c6ccc7c(c6)C(=O)N(C6CCC(=O)NC6=O)C7)CC5)CC4)nn3)cn2)c1. The Labute approximate surface area is 351 Å². The molecular formula is C44H47N13O4. The van der Waals surface area contributed by atoms with E-state index < -0.39 is 11.9 Å². The number of anilines is 2. The lowest BCUT2D eigenvalue weighted by Gasteiger charge is -2.35. The number of amides is 4.